The maximum atomic E-state index is 12.3. The lowest BCUT2D eigenvalue weighted by Gasteiger charge is -2.34. The topological polar surface area (TPSA) is 92.1 Å². The molecule has 2 amide bonds. The third kappa shape index (κ3) is 4.64. The predicted molar refractivity (Wildman–Crippen MR) is 96.4 cm³/mol. The van der Waals surface area contributed by atoms with E-state index in [0.29, 0.717) is 17.5 Å². The maximum Gasteiger partial charge on any atom is 0.239 e. The van der Waals surface area contributed by atoms with E-state index < -0.39 is 0 Å². The number of nitrogens with zero attached hydrogens (tertiary/aromatic N) is 4. The monoisotopic (exact) mass is 362 g/mol. The third-order valence-corrected chi connectivity index (χ3v) is 4.86. The van der Waals surface area contributed by atoms with Gasteiger partial charge in [-0.25, -0.2) is 4.98 Å². The van der Waals surface area contributed by atoms with Crippen LogP contribution in [0.25, 0.3) is 0 Å². The highest BCUT2D eigenvalue weighted by atomic mass is 32.1. The van der Waals surface area contributed by atoms with Gasteiger partial charge in [-0.15, -0.1) is 11.3 Å². The summed E-state index contributed by atoms with van der Waals surface area (Å²) < 4.78 is 1.65. The van der Waals surface area contributed by atoms with E-state index in [2.05, 4.69) is 25.6 Å². The van der Waals surface area contributed by atoms with Gasteiger partial charge < -0.3 is 10.6 Å². The first-order chi connectivity index (χ1) is 12.0. The molecule has 0 saturated carbocycles. The average Bonchev–Trinajstić information content (AvgIpc) is 3.16. The summed E-state index contributed by atoms with van der Waals surface area (Å²) in [6.45, 7) is 2.62. The molecule has 0 aliphatic carbocycles. The summed E-state index contributed by atoms with van der Waals surface area (Å²) in [7, 11) is 1.81. The van der Waals surface area contributed by atoms with Gasteiger partial charge in [0.25, 0.3) is 0 Å². The number of anilines is 2. The highest BCUT2D eigenvalue weighted by Crippen LogP contribution is 2.32. The molecule has 8 nitrogen and oxygen atoms in total. The average molecular weight is 362 g/mol. The Hall–Kier alpha value is -2.26. The van der Waals surface area contributed by atoms with Crippen molar-refractivity contribution in [1.82, 2.24) is 19.7 Å². The Labute approximate surface area is 150 Å². The fourth-order valence-corrected chi connectivity index (χ4v) is 3.81. The molecule has 1 fully saturated rings. The lowest BCUT2D eigenvalue weighted by Crippen LogP contribution is -2.39. The Morgan fingerprint density at radius 3 is 2.92 bits per heavy atom. The molecule has 2 N–H and O–H groups in total. The van der Waals surface area contributed by atoms with Crippen molar-refractivity contribution in [2.24, 2.45) is 7.05 Å². The molecule has 1 atom stereocenters. The maximum absolute atomic E-state index is 12.3. The van der Waals surface area contributed by atoms with Gasteiger partial charge in [0.2, 0.25) is 11.8 Å². The Kier molecular flexibility index (Phi) is 5.44. The van der Waals surface area contributed by atoms with Gasteiger partial charge in [-0.05, 0) is 19.4 Å². The van der Waals surface area contributed by atoms with E-state index in [0.717, 1.165) is 31.5 Å². The van der Waals surface area contributed by atoms with Gasteiger partial charge in [0.05, 0.1) is 18.3 Å². The van der Waals surface area contributed by atoms with E-state index >= 15 is 0 Å². The van der Waals surface area contributed by atoms with E-state index in [1.54, 1.807) is 16.9 Å². The molecular weight excluding hydrogens is 340 g/mol. The number of piperidine rings is 1. The van der Waals surface area contributed by atoms with Crippen LogP contribution < -0.4 is 10.6 Å². The van der Waals surface area contributed by atoms with E-state index in [1.807, 2.05) is 12.4 Å². The largest absolute Gasteiger partial charge is 0.308 e. The van der Waals surface area contributed by atoms with Crippen LogP contribution in [0, 0.1) is 0 Å². The Morgan fingerprint density at radius 1 is 1.36 bits per heavy atom. The van der Waals surface area contributed by atoms with Crippen molar-refractivity contribution >= 4 is 34.1 Å². The number of nitrogens with one attached hydrogen (secondary N) is 2. The predicted octanol–water partition coefficient (Wildman–Crippen LogP) is 2.00. The summed E-state index contributed by atoms with van der Waals surface area (Å²) in [5.41, 5.74) is 0.916. The molecule has 0 spiro atoms. The smallest absolute Gasteiger partial charge is 0.239 e. The van der Waals surface area contributed by atoms with Crippen molar-refractivity contribution in [1.29, 1.82) is 0 Å². The molecule has 1 aliphatic heterocycles. The molecule has 1 aliphatic rings. The van der Waals surface area contributed by atoms with Crippen LogP contribution >= 0.6 is 11.3 Å². The van der Waals surface area contributed by atoms with Crippen LogP contribution in [-0.2, 0) is 16.6 Å². The Balaban J connectivity index is 1.65. The van der Waals surface area contributed by atoms with Crippen molar-refractivity contribution < 1.29 is 9.59 Å². The summed E-state index contributed by atoms with van der Waals surface area (Å²) in [5.74, 6) is 0.349. The lowest BCUT2D eigenvalue weighted by molar-refractivity contribution is -0.118. The van der Waals surface area contributed by atoms with Gasteiger partial charge >= 0.3 is 0 Å². The molecule has 2 aromatic rings. The molecule has 0 aromatic carbocycles. The zero-order valence-corrected chi connectivity index (χ0v) is 15.2. The molecule has 1 saturated heterocycles. The molecule has 3 heterocycles. The first-order valence-corrected chi connectivity index (χ1v) is 9.16. The number of rotatable bonds is 5. The van der Waals surface area contributed by atoms with Crippen LogP contribution in [0.4, 0.5) is 10.9 Å². The van der Waals surface area contributed by atoms with Crippen molar-refractivity contribution in [2.75, 3.05) is 23.7 Å². The molecule has 0 unspecified atom stereocenters. The summed E-state index contributed by atoms with van der Waals surface area (Å²) in [4.78, 5) is 30.2. The number of aryl methyl sites for hydroxylation is 1. The van der Waals surface area contributed by atoms with Crippen molar-refractivity contribution in [3.8, 4) is 0 Å². The fourth-order valence-electron chi connectivity index (χ4n) is 3.01. The number of carbonyl (C=O) groups excluding carboxylic acids is 2. The van der Waals surface area contributed by atoms with E-state index in [9.17, 15) is 9.59 Å². The van der Waals surface area contributed by atoms with Gasteiger partial charge in [-0.2, -0.15) is 5.10 Å². The van der Waals surface area contributed by atoms with Crippen LogP contribution in [0.5, 0.6) is 0 Å². The molecule has 3 rings (SSSR count). The second-order valence-electron chi connectivity index (χ2n) is 6.16. The normalized spacial score (nSPS) is 18.1. The van der Waals surface area contributed by atoms with Crippen molar-refractivity contribution in [2.45, 2.75) is 32.2 Å². The van der Waals surface area contributed by atoms with Gasteiger partial charge in [0.15, 0.2) is 10.9 Å². The number of amides is 2. The summed E-state index contributed by atoms with van der Waals surface area (Å²) in [6.07, 6.45) is 4.92. The van der Waals surface area contributed by atoms with Crippen LogP contribution in [0.15, 0.2) is 17.6 Å². The molecule has 9 heteroatoms. The fraction of sp³-hybridized carbons (Fsp3) is 0.500. The number of hydrogen-bond donors (Lipinski definition) is 2. The van der Waals surface area contributed by atoms with Crippen LogP contribution in [0.1, 0.15) is 37.9 Å². The van der Waals surface area contributed by atoms with Crippen molar-refractivity contribution in [3.05, 3.63) is 23.3 Å². The van der Waals surface area contributed by atoms with Gasteiger partial charge in [0.1, 0.15) is 0 Å². The first-order valence-electron chi connectivity index (χ1n) is 8.28. The SMILES string of the molecule is CC(=O)Nc1nc([C@@H]2CCCCN2CC(=O)Nc2ccn(C)n2)cs1. The lowest BCUT2D eigenvalue weighted by atomic mass is 10.00. The number of likely N-dealkylation sites (tertiary alicyclic amines) is 1. The van der Waals surface area contributed by atoms with Crippen LogP contribution in [-0.4, -0.2) is 44.6 Å². The third-order valence-electron chi connectivity index (χ3n) is 4.09. The summed E-state index contributed by atoms with van der Waals surface area (Å²) >= 11 is 1.41. The molecular formula is C16H22N6O2S. The molecule has 0 bridgehead atoms. The van der Waals surface area contributed by atoms with Gasteiger partial charge in [-0.3, -0.25) is 19.2 Å². The molecule has 2 aromatic heterocycles. The second kappa shape index (κ2) is 7.75. The second-order valence-corrected chi connectivity index (χ2v) is 7.02. The van der Waals surface area contributed by atoms with E-state index in [1.165, 1.54) is 18.3 Å². The minimum atomic E-state index is -0.129. The van der Waals surface area contributed by atoms with E-state index in [-0.39, 0.29) is 17.9 Å². The zero-order chi connectivity index (χ0) is 17.8. The molecule has 134 valence electrons. The number of thiazole rings is 1. The van der Waals surface area contributed by atoms with Crippen molar-refractivity contribution in [3.63, 3.8) is 0 Å². The Morgan fingerprint density at radius 2 is 2.20 bits per heavy atom. The minimum Gasteiger partial charge on any atom is -0.308 e. The zero-order valence-electron chi connectivity index (χ0n) is 14.4. The minimum absolute atomic E-state index is 0.0806. The number of hydrogen-bond acceptors (Lipinski definition) is 6. The standard InChI is InChI=1S/C16H22N6O2S/c1-11(23)17-16-18-12(10-25-16)13-5-3-4-7-22(13)9-15(24)19-14-6-8-21(2)20-14/h6,8,10,13H,3-5,7,9H2,1-2H3,(H,17,18,23)(H,19,20,24)/t13-/m0/s1. The van der Waals surface area contributed by atoms with Gasteiger partial charge in [0, 0.05) is 31.6 Å². The van der Waals surface area contributed by atoms with Crippen LogP contribution in [0.2, 0.25) is 0 Å². The first kappa shape index (κ1) is 17.6. The van der Waals surface area contributed by atoms with Gasteiger partial charge in [-0.1, -0.05) is 6.42 Å². The summed E-state index contributed by atoms with van der Waals surface area (Å²) in [6, 6.07) is 1.87. The number of aromatic nitrogens is 3. The molecule has 0 radical (unpaired) electrons. The quantitative estimate of drug-likeness (QED) is 0.849. The number of carbonyl (C=O) groups is 2. The molecule has 25 heavy (non-hydrogen) atoms. The Bertz CT molecular complexity index is 755. The summed E-state index contributed by atoms with van der Waals surface area (Å²) in [5, 5.41) is 12.3. The highest BCUT2D eigenvalue weighted by molar-refractivity contribution is 7.13. The highest BCUT2D eigenvalue weighted by Gasteiger charge is 2.27. The van der Waals surface area contributed by atoms with E-state index in [4.69, 9.17) is 0 Å². The van der Waals surface area contributed by atoms with Crippen LogP contribution in [0.3, 0.4) is 0 Å².